The molecule has 0 bridgehead atoms. The lowest BCUT2D eigenvalue weighted by molar-refractivity contribution is -0.115. The Labute approximate surface area is 160 Å². The molecular weight excluding hydrogens is 366 g/mol. The Morgan fingerprint density at radius 1 is 1.11 bits per heavy atom. The quantitative estimate of drug-likeness (QED) is 0.583. The van der Waals surface area contributed by atoms with E-state index in [0.29, 0.717) is 16.4 Å². The molecule has 0 radical (unpaired) electrons. The molecular formula is C20H17NO5S. The third-order valence-corrected chi connectivity index (χ3v) is 4.75. The SMILES string of the molecule is COc1cccc(C(C=O)COc2ccc(C=C3SC(=O)NC3=O)cc2)c1. The predicted octanol–water partition coefficient (Wildman–Crippen LogP) is 3.38. The number of amides is 2. The number of thioether (sulfide) groups is 1. The molecule has 1 aliphatic heterocycles. The first-order valence-electron chi connectivity index (χ1n) is 8.16. The molecule has 1 aliphatic rings. The summed E-state index contributed by atoms with van der Waals surface area (Å²) in [4.78, 5) is 34.5. The summed E-state index contributed by atoms with van der Waals surface area (Å²) in [5.41, 5.74) is 1.59. The number of hydrogen-bond acceptors (Lipinski definition) is 6. The van der Waals surface area contributed by atoms with Crippen molar-refractivity contribution in [3.8, 4) is 11.5 Å². The topological polar surface area (TPSA) is 81.7 Å². The molecule has 2 aromatic rings. The molecule has 27 heavy (non-hydrogen) atoms. The monoisotopic (exact) mass is 383 g/mol. The van der Waals surface area contributed by atoms with Gasteiger partial charge in [0.25, 0.3) is 11.1 Å². The van der Waals surface area contributed by atoms with Gasteiger partial charge in [-0.25, -0.2) is 0 Å². The van der Waals surface area contributed by atoms with Gasteiger partial charge in [-0.05, 0) is 53.2 Å². The van der Waals surface area contributed by atoms with E-state index in [2.05, 4.69) is 5.32 Å². The van der Waals surface area contributed by atoms with E-state index in [4.69, 9.17) is 9.47 Å². The highest BCUT2D eigenvalue weighted by molar-refractivity contribution is 8.18. The van der Waals surface area contributed by atoms with Crippen molar-refractivity contribution in [1.29, 1.82) is 0 Å². The van der Waals surface area contributed by atoms with Gasteiger partial charge in [-0.2, -0.15) is 0 Å². The van der Waals surface area contributed by atoms with Crippen LogP contribution in [0.2, 0.25) is 0 Å². The van der Waals surface area contributed by atoms with Crippen molar-refractivity contribution in [2.75, 3.05) is 13.7 Å². The van der Waals surface area contributed by atoms with E-state index in [-0.39, 0.29) is 11.8 Å². The molecule has 0 aliphatic carbocycles. The lowest BCUT2D eigenvalue weighted by Crippen LogP contribution is -2.17. The number of ether oxygens (including phenoxy) is 2. The molecule has 1 N–H and O–H groups in total. The van der Waals surface area contributed by atoms with Gasteiger partial charge in [-0.1, -0.05) is 24.3 Å². The highest BCUT2D eigenvalue weighted by Gasteiger charge is 2.24. The third-order valence-electron chi connectivity index (χ3n) is 3.94. The minimum atomic E-state index is -0.411. The largest absolute Gasteiger partial charge is 0.497 e. The number of benzene rings is 2. The Balaban J connectivity index is 1.64. The smallest absolute Gasteiger partial charge is 0.290 e. The van der Waals surface area contributed by atoms with Gasteiger partial charge >= 0.3 is 0 Å². The minimum Gasteiger partial charge on any atom is -0.497 e. The van der Waals surface area contributed by atoms with Crippen LogP contribution in [0, 0.1) is 0 Å². The second kappa shape index (κ2) is 8.55. The number of imide groups is 1. The van der Waals surface area contributed by atoms with Crippen LogP contribution in [0.5, 0.6) is 11.5 Å². The van der Waals surface area contributed by atoms with Crippen LogP contribution in [0.1, 0.15) is 17.0 Å². The fraction of sp³-hybridized carbons (Fsp3) is 0.150. The van der Waals surface area contributed by atoms with Crippen molar-refractivity contribution in [2.24, 2.45) is 0 Å². The lowest BCUT2D eigenvalue weighted by atomic mass is 10.0. The van der Waals surface area contributed by atoms with E-state index in [0.717, 1.165) is 29.2 Å². The Kier molecular flexibility index (Phi) is 5.93. The van der Waals surface area contributed by atoms with Crippen LogP contribution in [0.4, 0.5) is 4.79 Å². The molecule has 0 spiro atoms. The summed E-state index contributed by atoms with van der Waals surface area (Å²) in [6.45, 7) is 0.198. The van der Waals surface area contributed by atoms with Gasteiger partial charge in [0.2, 0.25) is 0 Å². The van der Waals surface area contributed by atoms with Crippen LogP contribution in [0.3, 0.4) is 0 Å². The molecule has 0 saturated carbocycles. The molecule has 6 nitrogen and oxygen atoms in total. The zero-order valence-corrected chi connectivity index (χ0v) is 15.3. The van der Waals surface area contributed by atoms with Crippen LogP contribution in [0.25, 0.3) is 6.08 Å². The molecule has 1 saturated heterocycles. The van der Waals surface area contributed by atoms with Crippen LogP contribution in [0.15, 0.2) is 53.4 Å². The number of nitrogens with one attached hydrogen (secondary N) is 1. The van der Waals surface area contributed by atoms with Crippen LogP contribution < -0.4 is 14.8 Å². The van der Waals surface area contributed by atoms with E-state index in [1.807, 2.05) is 24.3 Å². The van der Waals surface area contributed by atoms with E-state index < -0.39 is 11.8 Å². The van der Waals surface area contributed by atoms with Crippen molar-refractivity contribution in [1.82, 2.24) is 5.32 Å². The summed E-state index contributed by atoms with van der Waals surface area (Å²) in [6.07, 6.45) is 2.49. The predicted molar refractivity (Wildman–Crippen MR) is 103 cm³/mol. The number of methoxy groups -OCH3 is 1. The van der Waals surface area contributed by atoms with Gasteiger partial charge < -0.3 is 14.3 Å². The summed E-state index contributed by atoms with van der Waals surface area (Å²) in [6, 6.07) is 14.4. The zero-order valence-electron chi connectivity index (χ0n) is 14.5. The molecule has 7 heteroatoms. The molecule has 1 unspecified atom stereocenters. The van der Waals surface area contributed by atoms with Crippen molar-refractivity contribution in [3.63, 3.8) is 0 Å². The number of hydrogen-bond donors (Lipinski definition) is 1. The van der Waals surface area contributed by atoms with E-state index >= 15 is 0 Å². The molecule has 1 fully saturated rings. The molecule has 1 heterocycles. The average molecular weight is 383 g/mol. The van der Waals surface area contributed by atoms with Gasteiger partial charge in [0.1, 0.15) is 24.4 Å². The van der Waals surface area contributed by atoms with E-state index in [9.17, 15) is 14.4 Å². The highest BCUT2D eigenvalue weighted by atomic mass is 32.2. The standard InChI is InChI=1S/C20H17NO5S/c1-25-17-4-2-3-14(10-17)15(11-22)12-26-16-7-5-13(6-8-16)9-18-19(23)21-20(24)27-18/h2-11,15H,12H2,1H3,(H,21,23,24). The number of aldehydes is 1. The second-order valence-electron chi connectivity index (χ2n) is 5.75. The Morgan fingerprint density at radius 2 is 1.89 bits per heavy atom. The molecule has 3 rings (SSSR count). The molecule has 138 valence electrons. The van der Waals surface area contributed by atoms with Crippen LogP contribution in [-0.4, -0.2) is 31.1 Å². The summed E-state index contributed by atoms with van der Waals surface area (Å²) in [5, 5.41) is 1.84. The summed E-state index contributed by atoms with van der Waals surface area (Å²) < 4.78 is 10.9. The zero-order chi connectivity index (χ0) is 19.2. The summed E-state index contributed by atoms with van der Waals surface area (Å²) >= 11 is 0.872. The number of carbonyl (C=O) groups is 3. The van der Waals surface area contributed by atoms with Gasteiger partial charge in [-0.15, -0.1) is 0 Å². The Hall–Kier alpha value is -3.06. The van der Waals surface area contributed by atoms with Gasteiger partial charge in [0.15, 0.2) is 0 Å². The summed E-state index contributed by atoms with van der Waals surface area (Å²) in [5.74, 6) is 0.486. The van der Waals surface area contributed by atoms with Gasteiger partial charge in [0.05, 0.1) is 17.9 Å². The Bertz CT molecular complexity index is 892. The first kappa shape index (κ1) is 18.7. The summed E-state index contributed by atoms with van der Waals surface area (Å²) in [7, 11) is 1.58. The van der Waals surface area contributed by atoms with Crippen molar-refractivity contribution in [2.45, 2.75) is 5.92 Å². The van der Waals surface area contributed by atoms with E-state index in [1.165, 1.54) is 0 Å². The van der Waals surface area contributed by atoms with E-state index in [1.54, 1.807) is 37.5 Å². The van der Waals surface area contributed by atoms with Crippen LogP contribution in [-0.2, 0) is 9.59 Å². The number of rotatable bonds is 7. The van der Waals surface area contributed by atoms with Crippen LogP contribution >= 0.6 is 11.8 Å². The first-order chi connectivity index (χ1) is 13.1. The van der Waals surface area contributed by atoms with Gasteiger partial charge in [-0.3, -0.25) is 14.9 Å². The lowest BCUT2D eigenvalue weighted by Gasteiger charge is -2.13. The fourth-order valence-electron chi connectivity index (χ4n) is 2.50. The first-order valence-corrected chi connectivity index (χ1v) is 8.97. The van der Waals surface area contributed by atoms with Gasteiger partial charge in [0, 0.05) is 0 Å². The molecule has 2 aromatic carbocycles. The second-order valence-corrected chi connectivity index (χ2v) is 6.77. The van der Waals surface area contributed by atoms with Crippen molar-refractivity contribution < 1.29 is 23.9 Å². The maximum Gasteiger partial charge on any atom is 0.290 e. The highest BCUT2D eigenvalue weighted by Crippen LogP contribution is 2.26. The normalized spacial score (nSPS) is 16.1. The minimum absolute atomic E-state index is 0.198. The molecule has 1 atom stereocenters. The maximum atomic E-state index is 11.6. The molecule has 0 aromatic heterocycles. The van der Waals surface area contributed by atoms with Crippen molar-refractivity contribution in [3.05, 3.63) is 64.6 Å². The third kappa shape index (κ3) is 4.77. The molecule has 2 amide bonds. The maximum absolute atomic E-state index is 11.6. The van der Waals surface area contributed by atoms with Crippen molar-refractivity contribution >= 4 is 35.3 Å². The Morgan fingerprint density at radius 3 is 2.52 bits per heavy atom. The number of carbonyl (C=O) groups excluding carboxylic acids is 3. The average Bonchev–Trinajstić information content (AvgIpc) is 3.00. The fourth-order valence-corrected chi connectivity index (χ4v) is 3.19.